The number of nitrogens with zero attached hydrogens (tertiary/aromatic N) is 3. The minimum atomic E-state index is -0.221. The number of hydrogen-bond acceptors (Lipinski definition) is 4. The second-order valence-corrected chi connectivity index (χ2v) is 3.14. The van der Waals surface area contributed by atoms with E-state index in [2.05, 4.69) is 20.4 Å². The van der Waals surface area contributed by atoms with Gasteiger partial charge in [-0.15, -0.1) is 0 Å². The summed E-state index contributed by atoms with van der Waals surface area (Å²) < 4.78 is 1.71. The van der Waals surface area contributed by atoms with Gasteiger partial charge >= 0.3 is 0 Å². The molecule has 0 aliphatic heterocycles. The van der Waals surface area contributed by atoms with E-state index in [4.69, 9.17) is 0 Å². The average Bonchev–Trinajstić information content (AvgIpc) is 2.63. The first kappa shape index (κ1) is 9.45. The van der Waals surface area contributed by atoms with Crippen molar-refractivity contribution in [2.45, 2.75) is 6.54 Å². The van der Waals surface area contributed by atoms with Crippen molar-refractivity contribution in [2.75, 3.05) is 5.32 Å². The van der Waals surface area contributed by atoms with Crippen LogP contribution in [0.25, 0.3) is 0 Å². The van der Waals surface area contributed by atoms with Gasteiger partial charge in [0.05, 0.1) is 6.20 Å². The molecule has 0 radical (unpaired) electrons. The Kier molecular flexibility index (Phi) is 2.49. The normalized spacial score (nSPS) is 10.2. The lowest BCUT2D eigenvalue weighted by Gasteiger charge is -2.00. The molecule has 0 fully saturated rings. The van der Waals surface area contributed by atoms with Crippen LogP contribution < -0.4 is 10.9 Å². The van der Waals surface area contributed by atoms with Gasteiger partial charge in [0.1, 0.15) is 0 Å². The van der Waals surface area contributed by atoms with Gasteiger partial charge in [0.15, 0.2) is 5.82 Å². The van der Waals surface area contributed by atoms with Gasteiger partial charge in [0, 0.05) is 37.7 Å². The van der Waals surface area contributed by atoms with Crippen molar-refractivity contribution in [3.8, 4) is 0 Å². The lowest BCUT2D eigenvalue weighted by Crippen LogP contribution is -2.14. The third-order valence-electron chi connectivity index (χ3n) is 1.93. The summed E-state index contributed by atoms with van der Waals surface area (Å²) in [6.45, 7) is 0.536. The summed E-state index contributed by atoms with van der Waals surface area (Å²) in [4.78, 5) is 17.7. The Balaban J connectivity index is 2.05. The molecule has 2 heterocycles. The van der Waals surface area contributed by atoms with Crippen LogP contribution in [0.15, 0.2) is 29.6 Å². The van der Waals surface area contributed by atoms with E-state index in [-0.39, 0.29) is 5.56 Å². The number of aromatic nitrogens is 4. The van der Waals surface area contributed by atoms with Crippen LogP contribution in [-0.4, -0.2) is 19.7 Å². The van der Waals surface area contributed by atoms with Crippen molar-refractivity contribution < 1.29 is 0 Å². The minimum Gasteiger partial charge on any atom is -0.361 e. The van der Waals surface area contributed by atoms with Crippen LogP contribution in [0.5, 0.6) is 0 Å². The highest BCUT2D eigenvalue weighted by Crippen LogP contribution is 1.99. The predicted molar refractivity (Wildman–Crippen MR) is 55.4 cm³/mol. The molecule has 0 aromatic carbocycles. The molecule has 15 heavy (non-hydrogen) atoms. The van der Waals surface area contributed by atoms with Crippen LogP contribution in [0, 0.1) is 0 Å². The lowest BCUT2D eigenvalue weighted by atomic mass is 10.3. The van der Waals surface area contributed by atoms with E-state index < -0.39 is 0 Å². The number of nitrogens with one attached hydrogen (secondary N) is 2. The second kappa shape index (κ2) is 3.95. The number of rotatable bonds is 3. The third-order valence-corrected chi connectivity index (χ3v) is 1.93. The molecule has 0 amide bonds. The third kappa shape index (κ3) is 2.22. The van der Waals surface area contributed by atoms with Crippen molar-refractivity contribution in [1.82, 2.24) is 19.7 Å². The van der Waals surface area contributed by atoms with Gasteiger partial charge in [-0.3, -0.25) is 9.48 Å². The molecule has 2 N–H and O–H groups in total. The first-order valence-electron chi connectivity index (χ1n) is 4.51. The molecule has 0 aliphatic rings. The number of hydrogen-bond donors (Lipinski definition) is 2. The van der Waals surface area contributed by atoms with Crippen molar-refractivity contribution in [2.24, 2.45) is 7.05 Å². The molecule has 2 aromatic rings. The molecule has 2 aromatic heterocycles. The van der Waals surface area contributed by atoms with Crippen LogP contribution in [0.1, 0.15) is 5.56 Å². The van der Waals surface area contributed by atoms with Gasteiger partial charge in [-0.2, -0.15) is 5.10 Å². The van der Waals surface area contributed by atoms with Crippen molar-refractivity contribution in [3.05, 3.63) is 40.7 Å². The maximum Gasteiger partial charge on any atom is 0.290 e. The summed E-state index contributed by atoms with van der Waals surface area (Å²) in [5.74, 6) is 0.321. The summed E-state index contributed by atoms with van der Waals surface area (Å²) in [5, 5.41) is 6.96. The Hall–Kier alpha value is -2.11. The second-order valence-electron chi connectivity index (χ2n) is 3.14. The molecule has 0 saturated carbocycles. The number of H-pyrrole nitrogens is 1. The number of anilines is 1. The Morgan fingerprint density at radius 2 is 2.47 bits per heavy atom. The summed E-state index contributed by atoms with van der Waals surface area (Å²) in [7, 11) is 1.84. The van der Waals surface area contributed by atoms with Crippen LogP contribution in [0.3, 0.4) is 0 Å². The van der Waals surface area contributed by atoms with Gasteiger partial charge in [-0.1, -0.05) is 0 Å². The predicted octanol–water partition coefficient (Wildman–Crippen LogP) is 0.115. The highest BCUT2D eigenvalue weighted by atomic mass is 16.1. The average molecular weight is 205 g/mol. The highest BCUT2D eigenvalue weighted by Gasteiger charge is 2.00. The molecule has 6 heteroatoms. The molecule has 78 valence electrons. The van der Waals surface area contributed by atoms with Gasteiger partial charge < -0.3 is 10.3 Å². The fraction of sp³-hybridized carbons (Fsp3) is 0.222. The van der Waals surface area contributed by atoms with E-state index in [0.29, 0.717) is 12.4 Å². The van der Waals surface area contributed by atoms with E-state index in [0.717, 1.165) is 5.56 Å². The standard InChI is InChI=1S/C9H11N5O/c1-14-6-7(5-13-14)4-12-8-9(15)11-3-2-10-8/h2-3,5-6H,4H2,1H3,(H,10,12)(H,11,15). The van der Waals surface area contributed by atoms with Crippen LogP contribution >= 0.6 is 0 Å². The molecule has 0 atom stereocenters. The van der Waals surface area contributed by atoms with Crippen molar-refractivity contribution >= 4 is 5.82 Å². The van der Waals surface area contributed by atoms with E-state index >= 15 is 0 Å². The minimum absolute atomic E-state index is 0.221. The van der Waals surface area contributed by atoms with E-state index in [1.54, 1.807) is 10.9 Å². The summed E-state index contributed by atoms with van der Waals surface area (Å²) in [6.07, 6.45) is 6.65. The maximum atomic E-state index is 11.2. The first-order valence-corrected chi connectivity index (χ1v) is 4.51. The quantitative estimate of drug-likeness (QED) is 0.746. The molecule has 0 aliphatic carbocycles. The smallest absolute Gasteiger partial charge is 0.290 e. The first-order chi connectivity index (χ1) is 7.25. The van der Waals surface area contributed by atoms with E-state index in [1.165, 1.54) is 12.4 Å². The van der Waals surface area contributed by atoms with E-state index in [9.17, 15) is 4.79 Å². The molecular formula is C9H11N5O. The van der Waals surface area contributed by atoms with Gasteiger partial charge in [-0.25, -0.2) is 4.98 Å². The molecule has 0 unspecified atom stereocenters. The summed E-state index contributed by atoms with van der Waals surface area (Å²) in [6, 6.07) is 0. The molecule has 6 nitrogen and oxygen atoms in total. The molecule has 0 spiro atoms. The van der Waals surface area contributed by atoms with Crippen LogP contribution in [0.2, 0.25) is 0 Å². The van der Waals surface area contributed by atoms with Gasteiger partial charge in [0.2, 0.25) is 0 Å². The fourth-order valence-electron chi connectivity index (χ4n) is 1.23. The molecular weight excluding hydrogens is 194 g/mol. The van der Waals surface area contributed by atoms with Gasteiger partial charge in [0.25, 0.3) is 5.56 Å². The Labute approximate surface area is 86.0 Å². The Bertz CT molecular complexity index is 501. The monoisotopic (exact) mass is 205 g/mol. The maximum absolute atomic E-state index is 11.2. The fourth-order valence-corrected chi connectivity index (χ4v) is 1.23. The largest absolute Gasteiger partial charge is 0.361 e. The molecule has 2 rings (SSSR count). The van der Waals surface area contributed by atoms with Crippen LogP contribution in [0.4, 0.5) is 5.82 Å². The highest BCUT2D eigenvalue weighted by molar-refractivity contribution is 5.31. The topological polar surface area (TPSA) is 75.6 Å². The number of aromatic amines is 1. The summed E-state index contributed by atoms with van der Waals surface area (Å²) in [5.41, 5.74) is 0.781. The van der Waals surface area contributed by atoms with Crippen LogP contribution in [-0.2, 0) is 13.6 Å². The number of aryl methyl sites for hydroxylation is 1. The molecule has 0 bridgehead atoms. The molecule has 0 saturated heterocycles. The zero-order chi connectivity index (χ0) is 10.7. The lowest BCUT2D eigenvalue weighted by molar-refractivity contribution is 0.767. The summed E-state index contributed by atoms with van der Waals surface area (Å²) >= 11 is 0. The Morgan fingerprint density at radius 1 is 1.60 bits per heavy atom. The van der Waals surface area contributed by atoms with E-state index in [1.807, 2.05) is 13.2 Å². The van der Waals surface area contributed by atoms with Crippen molar-refractivity contribution in [3.63, 3.8) is 0 Å². The van der Waals surface area contributed by atoms with Gasteiger partial charge in [-0.05, 0) is 0 Å². The zero-order valence-electron chi connectivity index (χ0n) is 8.27. The van der Waals surface area contributed by atoms with Crippen molar-refractivity contribution in [1.29, 1.82) is 0 Å². The Morgan fingerprint density at radius 3 is 3.13 bits per heavy atom. The zero-order valence-corrected chi connectivity index (χ0v) is 8.27. The SMILES string of the molecule is Cn1cc(CNc2ncc[nH]c2=O)cn1.